The Morgan fingerprint density at radius 3 is 2.59 bits per heavy atom. The predicted octanol–water partition coefficient (Wildman–Crippen LogP) is 4.61. The number of amides is 2. The first kappa shape index (κ1) is 22.8. The molecule has 0 bridgehead atoms. The Morgan fingerprint density at radius 1 is 1.12 bits per heavy atom. The van der Waals surface area contributed by atoms with Crippen LogP contribution < -0.4 is 4.90 Å². The molecule has 5 rings (SSSR count). The van der Waals surface area contributed by atoms with Crippen molar-refractivity contribution in [2.75, 3.05) is 37.6 Å². The van der Waals surface area contributed by atoms with E-state index in [0.717, 1.165) is 74.6 Å². The number of halogens is 1. The van der Waals surface area contributed by atoms with Crippen molar-refractivity contribution < 1.29 is 9.18 Å². The minimum atomic E-state index is -0.463. The Morgan fingerprint density at radius 2 is 1.85 bits per heavy atom. The summed E-state index contributed by atoms with van der Waals surface area (Å²) in [6.45, 7) is 11.2. The second-order valence-electron chi connectivity index (χ2n) is 10.9. The number of aryl methyl sites for hydroxylation is 1. The number of carbonyl (C=O) groups is 1. The molecule has 1 aromatic carbocycles. The molecule has 0 unspecified atom stereocenters. The van der Waals surface area contributed by atoms with Gasteiger partial charge >= 0.3 is 6.03 Å². The highest BCUT2D eigenvalue weighted by molar-refractivity contribution is 5.95. The van der Waals surface area contributed by atoms with E-state index in [1.807, 2.05) is 34.9 Å². The van der Waals surface area contributed by atoms with Crippen molar-refractivity contribution in [2.24, 2.45) is 5.41 Å². The third-order valence-electron chi connectivity index (χ3n) is 7.91. The fraction of sp³-hybridized carbons (Fsp3) is 0.519. The van der Waals surface area contributed by atoms with Crippen LogP contribution in [-0.4, -0.2) is 53.5 Å². The van der Waals surface area contributed by atoms with Crippen molar-refractivity contribution in [3.8, 4) is 6.07 Å². The summed E-state index contributed by atoms with van der Waals surface area (Å²) < 4.78 is 13.6. The van der Waals surface area contributed by atoms with Gasteiger partial charge in [-0.3, -0.25) is 14.8 Å². The van der Waals surface area contributed by atoms with Gasteiger partial charge in [0, 0.05) is 37.3 Å². The molecule has 0 aliphatic carbocycles. The van der Waals surface area contributed by atoms with Crippen LogP contribution in [0.3, 0.4) is 0 Å². The number of pyridine rings is 1. The molecule has 7 heteroatoms. The summed E-state index contributed by atoms with van der Waals surface area (Å²) in [5, 5.41) is 9.09. The smallest absolute Gasteiger partial charge is 0.324 e. The van der Waals surface area contributed by atoms with E-state index in [2.05, 4.69) is 18.7 Å². The van der Waals surface area contributed by atoms with Gasteiger partial charge in [0.2, 0.25) is 0 Å². The average molecular weight is 462 g/mol. The van der Waals surface area contributed by atoms with E-state index in [1.54, 1.807) is 12.1 Å². The number of fused-ring (bicyclic) bond motifs is 1. The van der Waals surface area contributed by atoms with Crippen molar-refractivity contribution in [1.29, 1.82) is 5.26 Å². The zero-order valence-corrected chi connectivity index (χ0v) is 20.3. The van der Waals surface area contributed by atoms with E-state index in [0.29, 0.717) is 6.54 Å². The molecule has 3 aliphatic heterocycles. The van der Waals surface area contributed by atoms with Crippen LogP contribution in [0.15, 0.2) is 30.3 Å². The summed E-state index contributed by atoms with van der Waals surface area (Å²) in [6, 6.07) is 10.9. The van der Waals surface area contributed by atoms with Gasteiger partial charge in [0.05, 0.1) is 16.9 Å². The lowest BCUT2D eigenvalue weighted by Crippen LogP contribution is -2.46. The highest BCUT2D eigenvalue weighted by Crippen LogP contribution is 2.43. The molecule has 2 aromatic rings. The Hall–Kier alpha value is -2.98. The van der Waals surface area contributed by atoms with E-state index in [-0.39, 0.29) is 22.4 Å². The molecule has 34 heavy (non-hydrogen) atoms. The van der Waals surface area contributed by atoms with Crippen LogP contribution in [0, 0.1) is 29.5 Å². The number of piperidine rings is 1. The molecule has 0 radical (unpaired) electrons. The summed E-state index contributed by atoms with van der Waals surface area (Å²) in [4.78, 5) is 24.7. The van der Waals surface area contributed by atoms with Crippen molar-refractivity contribution in [3.05, 3.63) is 58.7 Å². The maximum atomic E-state index is 13.6. The van der Waals surface area contributed by atoms with Crippen LogP contribution in [0.25, 0.3) is 0 Å². The van der Waals surface area contributed by atoms with Gasteiger partial charge < -0.3 is 4.90 Å². The number of hydrogen-bond acceptors (Lipinski definition) is 4. The number of hydrogen-bond donors (Lipinski definition) is 0. The standard InChI is InChI=1S/C27H32FN5O/c1-19-4-7-23-24(30-19)26(2,3)17-33(23)25(34)32-13-10-27(18-32)8-11-31(12-9-27)16-20-5-6-22(28)21(14-20)15-29/h4-7,14H,8-13,16-18H2,1-3H3. The van der Waals surface area contributed by atoms with Gasteiger partial charge in [0.1, 0.15) is 11.9 Å². The largest absolute Gasteiger partial charge is 0.324 e. The summed E-state index contributed by atoms with van der Waals surface area (Å²) in [7, 11) is 0. The number of nitrogens with zero attached hydrogens (tertiary/aromatic N) is 5. The molecule has 4 heterocycles. The third kappa shape index (κ3) is 4.05. The molecular weight excluding hydrogens is 429 g/mol. The fourth-order valence-electron chi connectivity index (χ4n) is 5.87. The summed E-state index contributed by atoms with van der Waals surface area (Å²) in [5.74, 6) is -0.463. The van der Waals surface area contributed by atoms with Crippen LogP contribution in [0.2, 0.25) is 0 Å². The number of nitriles is 1. The third-order valence-corrected chi connectivity index (χ3v) is 7.91. The quantitative estimate of drug-likeness (QED) is 0.655. The summed E-state index contributed by atoms with van der Waals surface area (Å²) in [5.41, 5.74) is 4.06. The molecule has 0 N–H and O–H groups in total. The maximum Gasteiger partial charge on any atom is 0.324 e. The normalized spacial score (nSPS) is 21.0. The van der Waals surface area contributed by atoms with Crippen molar-refractivity contribution in [2.45, 2.75) is 52.0 Å². The fourth-order valence-corrected chi connectivity index (χ4v) is 5.87. The molecular formula is C27H32FN5O. The zero-order valence-electron chi connectivity index (χ0n) is 20.3. The molecule has 2 fully saturated rings. The van der Waals surface area contributed by atoms with Crippen molar-refractivity contribution >= 4 is 11.7 Å². The lowest BCUT2D eigenvalue weighted by molar-refractivity contribution is 0.105. The zero-order chi connectivity index (χ0) is 24.1. The second-order valence-corrected chi connectivity index (χ2v) is 10.9. The molecule has 1 aromatic heterocycles. The Kier molecular flexibility index (Phi) is 5.60. The van der Waals surface area contributed by atoms with E-state index in [4.69, 9.17) is 10.2 Å². The Balaban J connectivity index is 1.21. The number of anilines is 1. The van der Waals surface area contributed by atoms with Crippen LogP contribution in [0.4, 0.5) is 14.9 Å². The monoisotopic (exact) mass is 461 g/mol. The summed E-state index contributed by atoms with van der Waals surface area (Å²) >= 11 is 0. The Bertz CT molecular complexity index is 1160. The number of benzene rings is 1. The highest BCUT2D eigenvalue weighted by Gasteiger charge is 2.46. The lowest BCUT2D eigenvalue weighted by atomic mass is 9.77. The first-order valence-corrected chi connectivity index (χ1v) is 12.2. The van der Waals surface area contributed by atoms with Crippen LogP contribution in [0.1, 0.15) is 55.6 Å². The van der Waals surface area contributed by atoms with E-state index in [1.165, 1.54) is 6.07 Å². The van der Waals surface area contributed by atoms with Crippen molar-refractivity contribution in [3.63, 3.8) is 0 Å². The van der Waals surface area contributed by atoms with E-state index < -0.39 is 5.82 Å². The van der Waals surface area contributed by atoms with Gasteiger partial charge in [-0.1, -0.05) is 19.9 Å². The molecule has 0 atom stereocenters. The minimum Gasteiger partial charge on any atom is -0.324 e. The first-order valence-electron chi connectivity index (χ1n) is 12.2. The van der Waals surface area contributed by atoms with Crippen LogP contribution in [-0.2, 0) is 12.0 Å². The van der Waals surface area contributed by atoms with Gasteiger partial charge in [-0.25, -0.2) is 9.18 Å². The highest BCUT2D eigenvalue weighted by atomic mass is 19.1. The SMILES string of the molecule is Cc1ccc2c(n1)C(C)(C)CN2C(=O)N1CCC2(CCN(Cc3ccc(F)c(C#N)c3)CC2)C1. The van der Waals surface area contributed by atoms with Crippen LogP contribution in [0.5, 0.6) is 0 Å². The average Bonchev–Trinajstić information content (AvgIpc) is 3.35. The van der Waals surface area contributed by atoms with E-state index in [9.17, 15) is 9.18 Å². The van der Waals surface area contributed by atoms with Gasteiger partial charge in [0.25, 0.3) is 0 Å². The van der Waals surface area contributed by atoms with Gasteiger partial charge in [-0.15, -0.1) is 0 Å². The Labute approximate surface area is 201 Å². The topological polar surface area (TPSA) is 63.5 Å². The molecule has 1 spiro atoms. The van der Waals surface area contributed by atoms with Gasteiger partial charge in [-0.2, -0.15) is 5.26 Å². The lowest BCUT2D eigenvalue weighted by Gasteiger charge is -2.39. The number of carbonyl (C=O) groups excluding carboxylic acids is 1. The first-order chi connectivity index (χ1) is 16.2. The molecule has 2 amide bonds. The molecule has 3 aliphatic rings. The number of likely N-dealkylation sites (tertiary alicyclic amines) is 2. The second kappa shape index (κ2) is 8.35. The molecule has 2 saturated heterocycles. The van der Waals surface area contributed by atoms with E-state index >= 15 is 0 Å². The van der Waals surface area contributed by atoms with Crippen LogP contribution >= 0.6 is 0 Å². The van der Waals surface area contributed by atoms with Gasteiger partial charge in [-0.05, 0) is 74.5 Å². The number of rotatable bonds is 2. The molecule has 0 saturated carbocycles. The molecule has 6 nitrogen and oxygen atoms in total. The minimum absolute atomic E-state index is 0.104. The molecule has 178 valence electrons. The predicted molar refractivity (Wildman–Crippen MR) is 129 cm³/mol. The number of aromatic nitrogens is 1. The number of urea groups is 1. The van der Waals surface area contributed by atoms with Crippen molar-refractivity contribution in [1.82, 2.24) is 14.8 Å². The summed E-state index contributed by atoms with van der Waals surface area (Å²) in [6.07, 6.45) is 3.13. The van der Waals surface area contributed by atoms with Gasteiger partial charge in [0.15, 0.2) is 0 Å². The maximum absolute atomic E-state index is 13.6.